The largest absolute Gasteiger partial charge is 0.354 e. The van der Waals surface area contributed by atoms with Crippen LogP contribution in [0.1, 0.15) is 24.8 Å². The lowest BCUT2D eigenvalue weighted by molar-refractivity contribution is -0.124. The summed E-state index contributed by atoms with van der Waals surface area (Å²) < 4.78 is 28.3. The highest BCUT2D eigenvalue weighted by molar-refractivity contribution is 7.90. The molecule has 0 radical (unpaired) electrons. The number of likely N-dealkylation sites (tertiary alicyclic amines) is 1. The average molecular weight is 373 g/mol. The second-order valence-corrected chi connectivity index (χ2v) is 7.24. The van der Waals surface area contributed by atoms with Crippen LogP contribution in [0.15, 0.2) is 33.6 Å². The Kier molecular flexibility index (Phi) is 5.84. The van der Waals surface area contributed by atoms with Crippen molar-refractivity contribution in [2.24, 2.45) is 10.1 Å². The van der Waals surface area contributed by atoms with E-state index in [2.05, 4.69) is 9.71 Å². The van der Waals surface area contributed by atoms with Crippen LogP contribution in [0.5, 0.6) is 0 Å². The Hall–Kier alpha value is -1.64. The average Bonchev–Trinajstić information content (AvgIpc) is 3.11. The van der Waals surface area contributed by atoms with Gasteiger partial charge in [-0.3, -0.25) is 4.79 Å². The van der Waals surface area contributed by atoms with Gasteiger partial charge in [-0.25, -0.2) is 0 Å². The van der Waals surface area contributed by atoms with Gasteiger partial charge in [0.1, 0.15) is 10.9 Å². The van der Waals surface area contributed by atoms with Gasteiger partial charge in [-0.2, -0.15) is 8.42 Å². The molecular formula is C15H21ClN4O3S. The van der Waals surface area contributed by atoms with Crippen LogP contribution >= 0.6 is 12.4 Å². The molecule has 0 aliphatic carbocycles. The van der Waals surface area contributed by atoms with Crippen molar-refractivity contribution in [3.8, 4) is 0 Å². The van der Waals surface area contributed by atoms with Crippen molar-refractivity contribution in [1.82, 2.24) is 10.2 Å². The molecule has 7 nitrogen and oxygen atoms in total. The van der Waals surface area contributed by atoms with Crippen LogP contribution < -0.4 is 11.1 Å². The fourth-order valence-corrected chi connectivity index (χ4v) is 4.24. The Balaban J connectivity index is 0.00000208. The number of carbonyl (C=O) groups is 1. The summed E-state index contributed by atoms with van der Waals surface area (Å²) in [6.07, 6.45) is 2.24. The molecule has 2 aliphatic heterocycles. The summed E-state index contributed by atoms with van der Waals surface area (Å²) in [6.45, 7) is 1.67. The zero-order valence-corrected chi connectivity index (χ0v) is 14.8. The SMILES string of the molecule is Cl.NCCCNC(=O)C1CCCN1C1=NS(=O)(=O)c2ccccc21. The molecule has 0 aromatic heterocycles. The molecule has 0 saturated carbocycles. The number of amidine groups is 1. The topological polar surface area (TPSA) is 105 Å². The molecule has 3 rings (SSSR count). The summed E-state index contributed by atoms with van der Waals surface area (Å²) in [5.74, 6) is 0.289. The van der Waals surface area contributed by atoms with E-state index in [0.29, 0.717) is 37.5 Å². The van der Waals surface area contributed by atoms with Gasteiger partial charge in [-0.15, -0.1) is 16.8 Å². The van der Waals surface area contributed by atoms with E-state index in [9.17, 15) is 13.2 Å². The van der Waals surface area contributed by atoms with Crippen LogP contribution in [0.3, 0.4) is 0 Å². The van der Waals surface area contributed by atoms with Crippen molar-refractivity contribution >= 4 is 34.2 Å². The van der Waals surface area contributed by atoms with E-state index >= 15 is 0 Å². The molecule has 9 heteroatoms. The first-order chi connectivity index (χ1) is 11.0. The molecule has 1 amide bonds. The van der Waals surface area contributed by atoms with Gasteiger partial charge in [0.15, 0.2) is 5.84 Å². The predicted octanol–water partition coefficient (Wildman–Crippen LogP) is 0.487. The van der Waals surface area contributed by atoms with E-state index in [4.69, 9.17) is 5.73 Å². The molecule has 1 saturated heterocycles. The minimum Gasteiger partial charge on any atom is -0.354 e. The van der Waals surface area contributed by atoms with Crippen LogP contribution in [-0.2, 0) is 14.8 Å². The third-order valence-electron chi connectivity index (χ3n) is 4.12. The molecule has 1 aromatic rings. The van der Waals surface area contributed by atoms with Crippen LogP contribution in [0.25, 0.3) is 0 Å². The first kappa shape index (κ1) is 18.7. The fourth-order valence-electron chi connectivity index (χ4n) is 3.02. The van der Waals surface area contributed by atoms with Gasteiger partial charge >= 0.3 is 0 Å². The van der Waals surface area contributed by atoms with Crippen molar-refractivity contribution in [2.75, 3.05) is 19.6 Å². The fraction of sp³-hybridized carbons (Fsp3) is 0.467. The first-order valence-electron chi connectivity index (χ1n) is 7.73. The molecule has 0 bridgehead atoms. The summed E-state index contributed by atoms with van der Waals surface area (Å²) >= 11 is 0. The Morgan fingerprint density at radius 1 is 1.38 bits per heavy atom. The van der Waals surface area contributed by atoms with E-state index in [1.807, 2.05) is 0 Å². The van der Waals surface area contributed by atoms with E-state index < -0.39 is 10.0 Å². The monoisotopic (exact) mass is 372 g/mol. The van der Waals surface area contributed by atoms with Crippen molar-refractivity contribution in [2.45, 2.75) is 30.2 Å². The Morgan fingerprint density at radius 3 is 2.88 bits per heavy atom. The second kappa shape index (κ2) is 7.50. The molecule has 1 aromatic carbocycles. The number of hydrogen-bond donors (Lipinski definition) is 2. The number of rotatable bonds is 4. The quantitative estimate of drug-likeness (QED) is 0.748. The summed E-state index contributed by atoms with van der Waals surface area (Å²) in [4.78, 5) is 14.4. The van der Waals surface area contributed by atoms with Gasteiger partial charge in [0, 0.05) is 18.7 Å². The Morgan fingerprint density at radius 2 is 2.12 bits per heavy atom. The lowest BCUT2D eigenvalue weighted by atomic mass is 10.1. The number of hydrogen-bond acceptors (Lipinski definition) is 5. The molecule has 1 atom stereocenters. The van der Waals surface area contributed by atoms with E-state index in [-0.39, 0.29) is 29.3 Å². The number of halogens is 1. The molecule has 2 heterocycles. The maximum absolute atomic E-state index is 12.4. The van der Waals surface area contributed by atoms with E-state index in [0.717, 1.165) is 12.8 Å². The van der Waals surface area contributed by atoms with Gasteiger partial charge in [-0.1, -0.05) is 12.1 Å². The smallest absolute Gasteiger partial charge is 0.285 e. The highest BCUT2D eigenvalue weighted by atomic mass is 35.5. The van der Waals surface area contributed by atoms with Crippen LogP contribution in [-0.4, -0.2) is 50.7 Å². The van der Waals surface area contributed by atoms with Crippen molar-refractivity contribution < 1.29 is 13.2 Å². The first-order valence-corrected chi connectivity index (χ1v) is 9.17. The van der Waals surface area contributed by atoms with Crippen LogP contribution in [0.4, 0.5) is 0 Å². The molecule has 132 valence electrons. The summed E-state index contributed by atoms with van der Waals surface area (Å²) in [6, 6.07) is 6.36. The van der Waals surface area contributed by atoms with Gasteiger partial charge < -0.3 is 16.0 Å². The number of nitrogens with two attached hydrogens (primary N) is 1. The number of nitrogens with one attached hydrogen (secondary N) is 1. The summed E-state index contributed by atoms with van der Waals surface area (Å²) in [5.41, 5.74) is 6.01. The lowest BCUT2D eigenvalue weighted by Crippen LogP contribution is -2.46. The van der Waals surface area contributed by atoms with Crippen molar-refractivity contribution in [3.63, 3.8) is 0 Å². The maximum atomic E-state index is 12.4. The van der Waals surface area contributed by atoms with Gasteiger partial charge in [0.2, 0.25) is 5.91 Å². The Bertz CT molecular complexity index is 751. The number of sulfonamides is 1. The van der Waals surface area contributed by atoms with Gasteiger partial charge in [0.05, 0.1) is 0 Å². The molecule has 0 spiro atoms. The Labute approximate surface area is 147 Å². The van der Waals surface area contributed by atoms with Crippen LogP contribution in [0.2, 0.25) is 0 Å². The van der Waals surface area contributed by atoms with E-state index in [1.54, 1.807) is 29.2 Å². The summed E-state index contributed by atoms with van der Waals surface area (Å²) in [5, 5.41) is 2.86. The molecule has 1 unspecified atom stereocenters. The zero-order valence-electron chi connectivity index (χ0n) is 13.1. The number of carbonyl (C=O) groups excluding carboxylic acids is 1. The number of fused-ring (bicyclic) bond motifs is 1. The molecule has 3 N–H and O–H groups in total. The number of amides is 1. The van der Waals surface area contributed by atoms with E-state index in [1.165, 1.54) is 0 Å². The number of benzene rings is 1. The summed E-state index contributed by atoms with van der Waals surface area (Å²) in [7, 11) is -3.66. The van der Waals surface area contributed by atoms with Crippen molar-refractivity contribution in [3.05, 3.63) is 29.8 Å². The normalized spacial score (nSPS) is 21.0. The molecule has 24 heavy (non-hydrogen) atoms. The van der Waals surface area contributed by atoms with Crippen molar-refractivity contribution in [1.29, 1.82) is 0 Å². The van der Waals surface area contributed by atoms with Crippen LogP contribution in [0, 0.1) is 0 Å². The predicted molar refractivity (Wildman–Crippen MR) is 93.8 cm³/mol. The lowest BCUT2D eigenvalue weighted by Gasteiger charge is -2.25. The third kappa shape index (κ3) is 3.40. The standard InChI is InChI=1S/C15H20N4O3S.ClH/c16-8-4-9-17-15(20)12-6-3-10-19(12)14-11-5-1-2-7-13(11)23(21,22)18-14;/h1-2,5,7,12H,3-4,6,8-10,16H2,(H,17,20);1H. The maximum Gasteiger partial charge on any atom is 0.285 e. The zero-order chi connectivity index (χ0) is 16.4. The highest BCUT2D eigenvalue weighted by Crippen LogP contribution is 2.31. The third-order valence-corrected chi connectivity index (χ3v) is 5.45. The minimum atomic E-state index is -3.66. The molecule has 2 aliphatic rings. The molecular weight excluding hydrogens is 352 g/mol. The highest BCUT2D eigenvalue weighted by Gasteiger charge is 2.38. The molecule has 1 fully saturated rings. The second-order valence-electron chi connectivity index (χ2n) is 5.67. The van der Waals surface area contributed by atoms with Gasteiger partial charge in [0.25, 0.3) is 10.0 Å². The number of nitrogens with zero attached hydrogens (tertiary/aromatic N) is 2. The van der Waals surface area contributed by atoms with Gasteiger partial charge in [-0.05, 0) is 37.9 Å². The minimum absolute atomic E-state index is 0.